The topological polar surface area (TPSA) is 98.6 Å². The Morgan fingerprint density at radius 3 is 2.52 bits per heavy atom. The second-order valence-corrected chi connectivity index (χ2v) is 4.86. The number of ether oxygens (including phenoxy) is 1. The van der Waals surface area contributed by atoms with Gasteiger partial charge < -0.3 is 15.6 Å². The van der Waals surface area contributed by atoms with E-state index in [-0.39, 0.29) is 23.6 Å². The van der Waals surface area contributed by atoms with E-state index in [4.69, 9.17) is 10.5 Å². The van der Waals surface area contributed by atoms with Crippen molar-refractivity contribution in [1.29, 1.82) is 0 Å². The van der Waals surface area contributed by atoms with Gasteiger partial charge in [-0.1, -0.05) is 36.4 Å². The highest BCUT2D eigenvalue weighted by molar-refractivity contribution is 5.49. The van der Waals surface area contributed by atoms with Crippen LogP contribution >= 0.6 is 0 Å². The van der Waals surface area contributed by atoms with Crippen molar-refractivity contribution in [3.8, 4) is 5.75 Å². The first kappa shape index (κ1) is 15.0. The van der Waals surface area contributed by atoms with Crippen molar-refractivity contribution in [2.45, 2.75) is 19.3 Å². The zero-order valence-electron chi connectivity index (χ0n) is 11.5. The number of hydrogen-bond acceptors (Lipinski definition) is 5. The van der Waals surface area contributed by atoms with Gasteiger partial charge in [0.1, 0.15) is 12.3 Å². The number of benzene rings is 2. The van der Waals surface area contributed by atoms with Crippen molar-refractivity contribution >= 4 is 5.69 Å². The molecule has 2 aromatic rings. The Hall–Kier alpha value is -2.44. The lowest BCUT2D eigenvalue weighted by atomic mass is 10.0. The van der Waals surface area contributed by atoms with Crippen molar-refractivity contribution in [2.75, 3.05) is 0 Å². The number of aliphatic hydroxyl groups is 1. The molecule has 1 atom stereocenters. The van der Waals surface area contributed by atoms with Crippen LogP contribution in [0.25, 0.3) is 0 Å². The van der Waals surface area contributed by atoms with Gasteiger partial charge >= 0.3 is 5.69 Å². The van der Waals surface area contributed by atoms with E-state index in [9.17, 15) is 15.2 Å². The van der Waals surface area contributed by atoms with Crippen molar-refractivity contribution in [3.05, 3.63) is 69.8 Å². The van der Waals surface area contributed by atoms with Crippen LogP contribution < -0.4 is 10.5 Å². The van der Waals surface area contributed by atoms with Crippen LogP contribution in [0.4, 0.5) is 5.69 Å². The van der Waals surface area contributed by atoms with E-state index >= 15 is 0 Å². The van der Waals surface area contributed by atoms with Crippen LogP contribution in [0.5, 0.6) is 5.75 Å². The molecule has 0 aliphatic heterocycles. The molecule has 6 nitrogen and oxygen atoms in total. The quantitative estimate of drug-likeness (QED) is 0.499. The maximum absolute atomic E-state index is 11.1. The van der Waals surface area contributed by atoms with E-state index in [1.807, 2.05) is 30.3 Å². The van der Waals surface area contributed by atoms with Gasteiger partial charge in [0.05, 0.1) is 4.92 Å². The van der Waals surface area contributed by atoms with E-state index in [0.717, 1.165) is 5.56 Å². The zero-order chi connectivity index (χ0) is 15.5. The van der Waals surface area contributed by atoms with Gasteiger partial charge in [-0.2, -0.15) is 0 Å². The lowest BCUT2D eigenvalue weighted by Crippen LogP contribution is -2.32. The number of nitrogens with two attached hydrogens (primary N) is 1. The molecule has 110 valence electrons. The molecule has 0 fully saturated rings. The lowest BCUT2D eigenvalue weighted by Gasteiger charge is -2.18. The number of rotatable bonds is 5. The third kappa shape index (κ3) is 3.77. The van der Waals surface area contributed by atoms with Gasteiger partial charge in [0.2, 0.25) is 0 Å². The third-order valence-electron chi connectivity index (χ3n) is 2.98. The first-order chi connectivity index (χ1) is 9.88. The minimum absolute atomic E-state index is 0.136. The zero-order valence-corrected chi connectivity index (χ0v) is 11.5. The molecular formula is C15H16N2O4. The number of nitro benzene ring substituents is 1. The first-order valence-corrected chi connectivity index (χ1v) is 6.35. The standard InChI is InChI=1S/C15H16N2O4/c1-15(16,18)12-7-8-14(13(9-12)17(19)20)21-10-11-5-3-2-4-6-11/h2-9,18H,10,16H2,1H3. The van der Waals surface area contributed by atoms with E-state index < -0.39 is 10.6 Å². The Labute approximate surface area is 121 Å². The summed E-state index contributed by atoms with van der Waals surface area (Å²) in [6, 6.07) is 13.5. The smallest absolute Gasteiger partial charge is 0.311 e. The van der Waals surface area contributed by atoms with Crippen LogP contribution in [0.2, 0.25) is 0 Å². The maximum Gasteiger partial charge on any atom is 0.311 e. The van der Waals surface area contributed by atoms with Crippen molar-refractivity contribution in [1.82, 2.24) is 0 Å². The summed E-state index contributed by atoms with van der Waals surface area (Å²) in [4.78, 5) is 10.6. The summed E-state index contributed by atoms with van der Waals surface area (Å²) in [5.41, 5.74) is 4.82. The molecule has 2 rings (SSSR count). The molecule has 0 bridgehead atoms. The summed E-state index contributed by atoms with van der Waals surface area (Å²) in [5.74, 6) is 0.136. The molecular weight excluding hydrogens is 272 g/mol. The molecule has 0 amide bonds. The Balaban J connectivity index is 2.25. The molecule has 1 unspecified atom stereocenters. The van der Waals surface area contributed by atoms with Crippen LogP contribution in [0, 0.1) is 10.1 Å². The average Bonchev–Trinajstić information content (AvgIpc) is 2.45. The molecule has 0 spiro atoms. The van der Waals surface area contributed by atoms with Gasteiger partial charge in [-0.15, -0.1) is 0 Å². The van der Waals surface area contributed by atoms with Gasteiger partial charge in [0, 0.05) is 11.6 Å². The predicted octanol–water partition coefficient (Wildman–Crippen LogP) is 2.30. The van der Waals surface area contributed by atoms with Crippen molar-refractivity contribution < 1.29 is 14.8 Å². The molecule has 0 heterocycles. The molecule has 0 aromatic heterocycles. The first-order valence-electron chi connectivity index (χ1n) is 6.35. The lowest BCUT2D eigenvalue weighted by molar-refractivity contribution is -0.386. The summed E-state index contributed by atoms with van der Waals surface area (Å²) in [6.45, 7) is 1.58. The van der Waals surface area contributed by atoms with Crippen LogP contribution in [-0.4, -0.2) is 10.0 Å². The van der Waals surface area contributed by atoms with Crippen LogP contribution in [0.1, 0.15) is 18.1 Å². The van der Waals surface area contributed by atoms with Crippen LogP contribution in [0.3, 0.4) is 0 Å². The second-order valence-electron chi connectivity index (χ2n) is 4.86. The minimum Gasteiger partial charge on any atom is -0.482 e. The molecule has 6 heteroatoms. The van der Waals surface area contributed by atoms with Crippen LogP contribution in [0.15, 0.2) is 48.5 Å². The molecule has 21 heavy (non-hydrogen) atoms. The summed E-state index contributed by atoms with van der Waals surface area (Å²) < 4.78 is 5.49. The summed E-state index contributed by atoms with van der Waals surface area (Å²) in [7, 11) is 0. The van der Waals surface area contributed by atoms with Gasteiger partial charge in [0.25, 0.3) is 0 Å². The van der Waals surface area contributed by atoms with Gasteiger partial charge in [-0.05, 0) is 18.6 Å². The summed E-state index contributed by atoms with van der Waals surface area (Å²) in [5, 5.41) is 20.8. The average molecular weight is 288 g/mol. The molecule has 0 radical (unpaired) electrons. The molecule has 0 aliphatic rings. The highest BCUT2D eigenvalue weighted by Gasteiger charge is 2.23. The Morgan fingerprint density at radius 1 is 1.29 bits per heavy atom. The normalized spacial score (nSPS) is 13.5. The fraction of sp³-hybridized carbons (Fsp3) is 0.200. The fourth-order valence-electron chi connectivity index (χ4n) is 1.83. The number of nitrogens with zero attached hydrogens (tertiary/aromatic N) is 1. The molecule has 0 saturated carbocycles. The molecule has 0 aliphatic carbocycles. The fourth-order valence-corrected chi connectivity index (χ4v) is 1.83. The molecule has 0 saturated heterocycles. The number of hydrogen-bond donors (Lipinski definition) is 2. The van der Waals surface area contributed by atoms with E-state index in [1.165, 1.54) is 25.1 Å². The van der Waals surface area contributed by atoms with Crippen molar-refractivity contribution in [2.24, 2.45) is 5.73 Å². The predicted molar refractivity (Wildman–Crippen MR) is 77.6 cm³/mol. The van der Waals surface area contributed by atoms with Gasteiger partial charge in [-0.3, -0.25) is 10.1 Å². The van der Waals surface area contributed by atoms with Crippen molar-refractivity contribution in [3.63, 3.8) is 0 Å². The Morgan fingerprint density at radius 2 is 1.95 bits per heavy atom. The van der Waals surface area contributed by atoms with Gasteiger partial charge in [-0.25, -0.2) is 0 Å². The SMILES string of the molecule is CC(N)(O)c1ccc(OCc2ccccc2)c([N+](=O)[O-])c1. The summed E-state index contributed by atoms with van der Waals surface area (Å²) >= 11 is 0. The van der Waals surface area contributed by atoms with E-state index in [2.05, 4.69) is 0 Å². The Bertz CT molecular complexity index is 636. The highest BCUT2D eigenvalue weighted by atomic mass is 16.6. The minimum atomic E-state index is -1.64. The Kier molecular flexibility index (Phi) is 4.21. The van der Waals surface area contributed by atoms with Gasteiger partial charge in [0.15, 0.2) is 5.75 Å². The highest BCUT2D eigenvalue weighted by Crippen LogP contribution is 2.31. The summed E-state index contributed by atoms with van der Waals surface area (Å²) in [6.07, 6.45) is 0. The largest absolute Gasteiger partial charge is 0.482 e. The molecule has 2 aromatic carbocycles. The van der Waals surface area contributed by atoms with E-state index in [1.54, 1.807) is 0 Å². The molecule has 3 N–H and O–H groups in total. The van der Waals surface area contributed by atoms with Crippen LogP contribution in [-0.2, 0) is 12.3 Å². The maximum atomic E-state index is 11.1. The second kappa shape index (κ2) is 5.90. The third-order valence-corrected chi connectivity index (χ3v) is 2.98. The number of nitro groups is 1. The van der Waals surface area contributed by atoms with E-state index in [0.29, 0.717) is 0 Å². The monoisotopic (exact) mass is 288 g/mol.